The van der Waals surface area contributed by atoms with Crippen LogP contribution in [0.1, 0.15) is 0 Å². The van der Waals surface area contributed by atoms with E-state index in [-0.39, 0.29) is 0 Å². The van der Waals surface area contributed by atoms with E-state index < -0.39 is 0 Å². The van der Waals surface area contributed by atoms with Crippen molar-refractivity contribution in [2.75, 3.05) is 0 Å². The molecule has 5 nitrogen and oxygen atoms in total. The van der Waals surface area contributed by atoms with E-state index in [2.05, 4.69) is 199 Å². The maximum atomic E-state index is 6.38. The number of thiophene rings is 2. The number of benzene rings is 10. The zero-order valence-electron chi connectivity index (χ0n) is 36.1. The van der Waals surface area contributed by atoms with Gasteiger partial charge in [0.25, 0.3) is 0 Å². The number of aromatic nitrogens is 4. The normalized spacial score (nSPS) is 12.1. The number of rotatable bonds is 5. The smallest absolute Gasteiger partial charge is 0.164 e. The summed E-state index contributed by atoms with van der Waals surface area (Å²) in [7, 11) is 0. The molecule has 5 aromatic heterocycles. The van der Waals surface area contributed by atoms with Gasteiger partial charge in [-0.05, 0) is 101 Å². The maximum Gasteiger partial charge on any atom is 0.164 e. The predicted octanol–water partition coefficient (Wildman–Crippen LogP) is 17.4. The first-order valence-electron chi connectivity index (χ1n) is 22.7. The summed E-state index contributed by atoms with van der Waals surface area (Å²) in [6.45, 7) is 0. The monoisotopic (exact) mass is 902 g/mol. The zero-order chi connectivity index (χ0) is 44.5. The number of para-hydroxylation sites is 2. The summed E-state index contributed by atoms with van der Waals surface area (Å²) in [5.41, 5.74) is 9.95. The molecule has 7 heteroatoms. The molecule has 68 heavy (non-hydrogen) atoms. The van der Waals surface area contributed by atoms with E-state index in [1.807, 2.05) is 12.1 Å². The Morgan fingerprint density at radius 3 is 1.60 bits per heavy atom. The molecule has 0 aliphatic rings. The van der Waals surface area contributed by atoms with Crippen LogP contribution in [0, 0.1) is 0 Å². The van der Waals surface area contributed by atoms with Crippen molar-refractivity contribution in [2.24, 2.45) is 0 Å². The largest absolute Gasteiger partial charge is 0.456 e. The van der Waals surface area contributed by atoms with E-state index >= 15 is 0 Å². The number of fused-ring (bicyclic) bond motifs is 13. The fraction of sp³-hybridized carbons (Fsp3) is 0. The van der Waals surface area contributed by atoms with E-state index in [1.54, 1.807) is 22.7 Å². The maximum absolute atomic E-state index is 6.38. The molecule has 10 aromatic carbocycles. The molecule has 0 saturated carbocycles. The highest BCUT2D eigenvalue weighted by Gasteiger charge is 2.23. The SMILES string of the molecule is c1ccc2cc3c(cc2c1)c1ccccc1n3-c1ccc(-c2nc(-c3cccc4sc5ccccc5c34)nc(-c3cccc4sc5ccccc5c34)n2)c(-c2ccc3oc4ccccc4c3c2)c1. The van der Waals surface area contributed by atoms with E-state index in [4.69, 9.17) is 19.4 Å². The lowest BCUT2D eigenvalue weighted by atomic mass is 9.96. The Balaban J connectivity index is 1.04. The average Bonchev–Trinajstić information content (AvgIpc) is 4.16. The van der Waals surface area contributed by atoms with Crippen LogP contribution in [0.15, 0.2) is 211 Å². The second-order valence-corrected chi connectivity index (χ2v) is 19.6. The van der Waals surface area contributed by atoms with Gasteiger partial charge in [0.05, 0.1) is 11.0 Å². The number of hydrogen-bond acceptors (Lipinski definition) is 6. The van der Waals surface area contributed by atoms with Crippen molar-refractivity contribution >= 4 is 118 Å². The lowest BCUT2D eigenvalue weighted by Crippen LogP contribution is -2.02. The lowest BCUT2D eigenvalue weighted by molar-refractivity contribution is 0.669. The van der Waals surface area contributed by atoms with Crippen molar-refractivity contribution in [1.29, 1.82) is 0 Å². The van der Waals surface area contributed by atoms with Gasteiger partial charge in [-0.1, -0.05) is 127 Å². The van der Waals surface area contributed by atoms with Gasteiger partial charge in [-0.25, -0.2) is 15.0 Å². The molecule has 0 fully saturated rings. The average molecular weight is 903 g/mol. The fourth-order valence-electron chi connectivity index (χ4n) is 10.6. The molecule has 15 rings (SSSR count). The van der Waals surface area contributed by atoms with Crippen molar-refractivity contribution in [3.05, 3.63) is 206 Å². The van der Waals surface area contributed by atoms with Gasteiger partial charge in [0.1, 0.15) is 11.2 Å². The van der Waals surface area contributed by atoms with Crippen molar-refractivity contribution in [1.82, 2.24) is 19.5 Å². The van der Waals surface area contributed by atoms with E-state index in [1.165, 1.54) is 51.1 Å². The predicted molar refractivity (Wildman–Crippen MR) is 286 cm³/mol. The van der Waals surface area contributed by atoms with Gasteiger partial charge in [0, 0.05) is 84.3 Å². The molecular weight excluding hydrogens is 869 g/mol. The summed E-state index contributed by atoms with van der Waals surface area (Å²) in [6, 6.07) is 73.9. The second-order valence-electron chi connectivity index (χ2n) is 17.5. The molecule has 316 valence electrons. The van der Waals surface area contributed by atoms with Crippen LogP contribution in [0.2, 0.25) is 0 Å². The highest BCUT2D eigenvalue weighted by Crippen LogP contribution is 2.45. The third-order valence-electron chi connectivity index (χ3n) is 13.7. The van der Waals surface area contributed by atoms with E-state index in [0.29, 0.717) is 17.5 Å². The van der Waals surface area contributed by atoms with Crippen LogP contribution in [0.4, 0.5) is 0 Å². The van der Waals surface area contributed by atoms with Crippen LogP contribution >= 0.6 is 22.7 Å². The summed E-state index contributed by atoms with van der Waals surface area (Å²) in [5, 5.41) is 11.7. The first-order valence-corrected chi connectivity index (χ1v) is 24.4. The van der Waals surface area contributed by atoms with Crippen LogP contribution in [0.25, 0.3) is 146 Å². The summed E-state index contributed by atoms with van der Waals surface area (Å²) in [4.78, 5) is 16.5. The number of nitrogens with zero attached hydrogens (tertiary/aromatic N) is 4. The molecule has 0 amide bonds. The Morgan fingerprint density at radius 2 is 0.897 bits per heavy atom. The molecule has 0 saturated heterocycles. The molecule has 0 N–H and O–H groups in total. The molecule has 0 unspecified atom stereocenters. The molecular formula is C61H34N4OS2. The zero-order valence-corrected chi connectivity index (χ0v) is 37.8. The van der Waals surface area contributed by atoms with Gasteiger partial charge >= 0.3 is 0 Å². The minimum atomic E-state index is 0.602. The van der Waals surface area contributed by atoms with Gasteiger partial charge in [-0.2, -0.15) is 0 Å². The van der Waals surface area contributed by atoms with Crippen LogP contribution < -0.4 is 0 Å². The minimum absolute atomic E-state index is 0.602. The molecule has 0 atom stereocenters. The Bertz CT molecular complexity index is 4460. The summed E-state index contributed by atoms with van der Waals surface area (Å²) in [5.74, 6) is 1.87. The minimum Gasteiger partial charge on any atom is -0.456 e. The Hall–Kier alpha value is -8.49. The second kappa shape index (κ2) is 14.5. The first-order chi connectivity index (χ1) is 33.7. The molecule has 0 spiro atoms. The van der Waals surface area contributed by atoms with E-state index in [9.17, 15) is 0 Å². The summed E-state index contributed by atoms with van der Waals surface area (Å²) >= 11 is 3.60. The van der Waals surface area contributed by atoms with Crippen LogP contribution in [0.3, 0.4) is 0 Å². The van der Waals surface area contributed by atoms with Crippen molar-refractivity contribution in [2.45, 2.75) is 0 Å². The van der Waals surface area contributed by atoms with Crippen molar-refractivity contribution in [3.63, 3.8) is 0 Å². The lowest BCUT2D eigenvalue weighted by Gasteiger charge is -2.16. The highest BCUT2D eigenvalue weighted by molar-refractivity contribution is 7.26. The standard InChI is InChI=1S/C61H34N4OS2/c1-2-14-36-33-50-47(31-35(36)13-1)39-15-3-7-21-49(39)65(50)38-28-29-41(46(34-38)37-27-30-52-48(32-37)40-16-4-8-22-51(40)66-52)59-62-60(44-19-11-25-55-57(44)42-17-5-9-23-53(42)67-55)64-61(63-59)45-20-12-26-56-58(45)43-18-6-10-24-54(43)68-56/h1-34H. The Labute approximate surface area is 396 Å². The van der Waals surface area contributed by atoms with Crippen molar-refractivity contribution < 1.29 is 4.42 Å². The molecule has 15 aromatic rings. The van der Waals surface area contributed by atoms with Gasteiger partial charge in [-0.15, -0.1) is 22.7 Å². The van der Waals surface area contributed by atoms with Crippen LogP contribution in [-0.4, -0.2) is 19.5 Å². The number of furan rings is 1. The van der Waals surface area contributed by atoms with Gasteiger partial charge in [0.15, 0.2) is 17.5 Å². The van der Waals surface area contributed by atoms with Crippen LogP contribution in [-0.2, 0) is 0 Å². The molecule has 0 aliphatic carbocycles. The molecule has 0 radical (unpaired) electrons. The Kier molecular flexibility index (Phi) is 8.04. The summed E-state index contributed by atoms with van der Waals surface area (Å²) < 4.78 is 13.7. The molecule has 0 bridgehead atoms. The van der Waals surface area contributed by atoms with E-state index in [0.717, 1.165) is 77.2 Å². The third-order valence-corrected chi connectivity index (χ3v) is 15.9. The topological polar surface area (TPSA) is 56.7 Å². The van der Waals surface area contributed by atoms with Gasteiger partial charge < -0.3 is 8.98 Å². The number of hydrogen-bond donors (Lipinski definition) is 0. The molecule has 5 heterocycles. The highest BCUT2D eigenvalue weighted by atomic mass is 32.1. The Morgan fingerprint density at radius 1 is 0.338 bits per heavy atom. The third kappa shape index (κ3) is 5.64. The molecule has 0 aliphatic heterocycles. The van der Waals surface area contributed by atoms with Crippen molar-refractivity contribution in [3.8, 4) is 51.0 Å². The van der Waals surface area contributed by atoms with Crippen LogP contribution in [0.5, 0.6) is 0 Å². The van der Waals surface area contributed by atoms with Gasteiger partial charge in [-0.3, -0.25) is 0 Å². The quantitative estimate of drug-likeness (QED) is 0.173. The van der Waals surface area contributed by atoms with Gasteiger partial charge in [0.2, 0.25) is 0 Å². The first kappa shape index (κ1) is 37.7. The summed E-state index contributed by atoms with van der Waals surface area (Å²) in [6.07, 6.45) is 0. The fourth-order valence-corrected chi connectivity index (χ4v) is 12.9.